The normalized spacial score (nSPS) is 23.1. The predicted octanol–water partition coefficient (Wildman–Crippen LogP) is 2.76. The summed E-state index contributed by atoms with van der Waals surface area (Å²) in [5, 5.41) is 12.4. The maximum atomic E-state index is 6.04. The lowest BCUT2D eigenvalue weighted by Crippen LogP contribution is -2.45. The monoisotopic (exact) mass is 381 g/mol. The Labute approximate surface area is 145 Å². The van der Waals surface area contributed by atoms with Crippen LogP contribution < -0.4 is 5.32 Å². The van der Waals surface area contributed by atoms with Crippen LogP contribution in [0.4, 0.5) is 0 Å². The molecule has 2 aromatic heterocycles. The van der Waals surface area contributed by atoms with E-state index in [-0.39, 0.29) is 6.10 Å². The van der Waals surface area contributed by atoms with Gasteiger partial charge in [0.2, 0.25) is 0 Å². The number of aryl methyl sites for hydroxylation is 1. The van der Waals surface area contributed by atoms with E-state index >= 15 is 0 Å². The first-order valence-corrected chi connectivity index (χ1v) is 9.03. The predicted molar refractivity (Wildman–Crippen MR) is 92.1 cm³/mol. The van der Waals surface area contributed by atoms with Crippen molar-refractivity contribution in [2.45, 2.75) is 58.0 Å². The third-order valence-corrected chi connectivity index (χ3v) is 4.60. The highest BCUT2D eigenvalue weighted by molar-refractivity contribution is 9.10. The number of halogens is 1. The van der Waals surface area contributed by atoms with Crippen molar-refractivity contribution in [3.63, 3.8) is 0 Å². The largest absolute Gasteiger partial charge is 0.372 e. The lowest BCUT2D eigenvalue weighted by molar-refractivity contribution is -0.0139. The van der Waals surface area contributed by atoms with Gasteiger partial charge < -0.3 is 10.1 Å². The Morgan fingerprint density at radius 2 is 2.17 bits per heavy atom. The molecule has 0 radical (unpaired) electrons. The van der Waals surface area contributed by atoms with Gasteiger partial charge in [-0.25, -0.2) is 0 Å². The summed E-state index contributed by atoms with van der Waals surface area (Å²) in [6.45, 7) is 6.83. The number of aromatic nitrogens is 4. The molecule has 0 amide bonds. The van der Waals surface area contributed by atoms with E-state index in [2.05, 4.69) is 51.5 Å². The molecule has 1 fully saturated rings. The molecule has 1 N–H and O–H groups in total. The molecule has 1 saturated heterocycles. The van der Waals surface area contributed by atoms with E-state index in [1.165, 1.54) is 0 Å². The first-order valence-electron chi connectivity index (χ1n) is 8.23. The molecule has 1 aliphatic rings. The van der Waals surface area contributed by atoms with Gasteiger partial charge in [-0.3, -0.25) is 9.36 Å². The fraction of sp³-hybridized carbons (Fsp3) is 0.625. The average molecular weight is 382 g/mol. The molecule has 0 unspecified atom stereocenters. The number of hydrogen-bond donors (Lipinski definition) is 1. The molecular weight excluding hydrogens is 358 g/mol. The molecule has 3 heterocycles. The van der Waals surface area contributed by atoms with Gasteiger partial charge >= 0.3 is 0 Å². The highest BCUT2D eigenvalue weighted by atomic mass is 79.9. The van der Waals surface area contributed by atoms with Crippen molar-refractivity contribution in [3.05, 3.63) is 34.8 Å². The van der Waals surface area contributed by atoms with Crippen LogP contribution in [-0.2, 0) is 17.8 Å². The van der Waals surface area contributed by atoms with E-state index in [1.54, 1.807) is 0 Å². The summed E-state index contributed by atoms with van der Waals surface area (Å²) in [6.07, 6.45) is 10.1. The molecule has 0 bridgehead atoms. The van der Waals surface area contributed by atoms with E-state index in [9.17, 15) is 0 Å². The van der Waals surface area contributed by atoms with Crippen LogP contribution in [0.5, 0.6) is 0 Å². The molecule has 0 saturated carbocycles. The smallest absolute Gasteiger partial charge is 0.101 e. The number of ether oxygens (including phenoxy) is 1. The summed E-state index contributed by atoms with van der Waals surface area (Å²) in [5.74, 6) is 0. The molecule has 126 valence electrons. The van der Waals surface area contributed by atoms with Crippen LogP contribution in [0.15, 0.2) is 29.3 Å². The highest BCUT2D eigenvalue weighted by Crippen LogP contribution is 2.28. The Bertz CT molecular complexity index is 626. The van der Waals surface area contributed by atoms with Crippen molar-refractivity contribution >= 4 is 15.9 Å². The summed E-state index contributed by atoms with van der Waals surface area (Å²) in [4.78, 5) is 0. The Morgan fingerprint density at radius 3 is 2.87 bits per heavy atom. The second-order valence-electron chi connectivity index (χ2n) is 6.12. The lowest BCUT2D eigenvalue weighted by Gasteiger charge is -2.34. The van der Waals surface area contributed by atoms with Crippen molar-refractivity contribution in [2.75, 3.05) is 6.61 Å². The number of nitrogens with one attached hydrogen (secondary N) is 1. The van der Waals surface area contributed by atoms with Crippen LogP contribution in [-0.4, -0.2) is 38.3 Å². The lowest BCUT2D eigenvalue weighted by atomic mass is 9.97. The first kappa shape index (κ1) is 16.7. The summed E-state index contributed by atoms with van der Waals surface area (Å²) < 4.78 is 11.0. The van der Waals surface area contributed by atoms with Crippen LogP contribution in [0.3, 0.4) is 0 Å². The molecule has 1 aliphatic heterocycles. The quantitative estimate of drug-likeness (QED) is 0.835. The summed E-state index contributed by atoms with van der Waals surface area (Å²) >= 11 is 3.44. The highest BCUT2D eigenvalue weighted by Gasteiger charge is 2.29. The zero-order valence-corrected chi connectivity index (χ0v) is 15.2. The van der Waals surface area contributed by atoms with Gasteiger partial charge in [0.25, 0.3) is 0 Å². The molecule has 7 heteroatoms. The maximum Gasteiger partial charge on any atom is 0.101 e. The Balaban J connectivity index is 1.63. The van der Waals surface area contributed by atoms with Gasteiger partial charge in [-0.1, -0.05) is 0 Å². The average Bonchev–Trinajstić information content (AvgIpc) is 3.17. The molecule has 0 aromatic carbocycles. The topological polar surface area (TPSA) is 56.9 Å². The standard InChI is InChI=1S/C16H24BrN5O/c1-3-21-10-13(7-18-21)16-15(5-4-6-23-16)20-12(2)9-22-11-14(17)8-19-22/h7-8,10-12,15-16,20H,3-6,9H2,1-2H3/t12-,15+,16-/m1/s1. The zero-order chi connectivity index (χ0) is 16.2. The van der Waals surface area contributed by atoms with Crippen molar-refractivity contribution in [1.82, 2.24) is 24.9 Å². The van der Waals surface area contributed by atoms with Gasteiger partial charge in [0.15, 0.2) is 0 Å². The Hall–Kier alpha value is -1.18. The van der Waals surface area contributed by atoms with Gasteiger partial charge in [-0.05, 0) is 42.6 Å². The molecule has 6 nitrogen and oxygen atoms in total. The molecule has 2 aromatic rings. The fourth-order valence-corrected chi connectivity index (χ4v) is 3.44. The number of nitrogens with zero attached hydrogens (tertiary/aromatic N) is 4. The molecular formula is C16H24BrN5O. The van der Waals surface area contributed by atoms with E-state index in [1.807, 2.05) is 28.0 Å². The third kappa shape index (κ3) is 4.22. The molecule has 0 spiro atoms. The van der Waals surface area contributed by atoms with E-state index in [0.29, 0.717) is 12.1 Å². The minimum atomic E-state index is 0.0795. The molecule has 3 rings (SSSR count). The van der Waals surface area contributed by atoms with Crippen LogP contribution in [0.1, 0.15) is 38.4 Å². The number of rotatable bonds is 6. The van der Waals surface area contributed by atoms with Crippen molar-refractivity contribution in [2.24, 2.45) is 0 Å². The third-order valence-electron chi connectivity index (χ3n) is 4.19. The zero-order valence-electron chi connectivity index (χ0n) is 13.7. The van der Waals surface area contributed by atoms with Crippen LogP contribution in [0.25, 0.3) is 0 Å². The van der Waals surface area contributed by atoms with Crippen molar-refractivity contribution in [1.29, 1.82) is 0 Å². The second-order valence-corrected chi connectivity index (χ2v) is 7.03. The minimum Gasteiger partial charge on any atom is -0.372 e. The Kier molecular flexibility index (Phi) is 5.50. The maximum absolute atomic E-state index is 6.04. The summed E-state index contributed by atoms with van der Waals surface area (Å²) in [5.41, 5.74) is 1.16. The van der Waals surface area contributed by atoms with E-state index in [4.69, 9.17) is 4.74 Å². The van der Waals surface area contributed by atoms with E-state index < -0.39 is 0 Å². The van der Waals surface area contributed by atoms with Gasteiger partial charge in [0, 0.05) is 43.2 Å². The van der Waals surface area contributed by atoms with Crippen LogP contribution in [0, 0.1) is 0 Å². The summed E-state index contributed by atoms with van der Waals surface area (Å²) in [7, 11) is 0. The van der Waals surface area contributed by atoms with Crippen LogP contribution in [0.2, 0.25) is 0 Å². The number of hydrogen-bond acceptors (Lipinski definition) is 4. The van der Waals surface area contributed by atoms with Crippen molar-refractivity contribution < 1.29 is 4.74 Å². The van der Waals surface area contributed by atoms with Gasteiger partial charge in [-0.15, -0.1) is 0 Å². The second kappa shape index (κ2) is 7.59. The SMILES string of the molecule is CCn1cc([C@H]2OCCC[C@@H]2N[C@H](C)Cn2cc(Br)cn2)cn1. The van der Waals surface area contributed by atoms with Gasteiger partial charge in [0.05, 0.1) is 23.4 Å². The van der Waals surface area contributed by atoms with Gasteiger partial charge in [0.1, 0.15) is 6.10 Å². The van der Waals surface area contributed by atoms with Crippen molar-refractivity contribution in [3.8, 4) is 0 Å². The van der Waals surface area contributed by atoms with E-state index in [0.717, 1.165) is 42.6 Å². The van der Waals surface area contributed by atoms with Gasteiger partial charge in [-0.2, -0.15) is 10.2 Å². The first-order chi connectivity index (χ1) is 11.2. The Morgan fingerprint density at radius 1 is 1.35 bits per heavy atom. The molecule has 3 atom stereocenters. The van der Waals surface area contributed by atoms with Crippen LogP contribution >= 0.6 is 15.9 Å². The molecule has 23 heavy (non-hydrogen) atoms. The fourth-order valence-electron chi connectivity index (χ4n) is 3.12. The summed E-state index contributed by atoms with van der Waals surface area (Å²) in [6, 6.07) is 0.629. The minimum absolute atomic E-state index is 0.0795. The molecule has 0 aliphatic carbocycles.